The second-order valence-corrected chi connectivity index (χ2v) is 5.63. The lowest BCUT2D eigenvalue weighted by molar-refractivity contribution is 0.0697. The van der Waals surface area contributed by atoms with Crippen LogP contribution in [0.5, 0.6) is 0 Å². The summed E-state index contributed by atoms with van der Waals surface area (Å²) < 4.78 is 5.56. The van der Waals surface area contributed by atoms with Gasteiger partial charge in [0, 0.05) is 18.6 Å². The Morgan fingerprint density at radius 3 is 3.00 bits per heavy atom. The van der Waals surface area contributed by atoms with E-state index in [1.165, 1.54) is 25.0 Å². The van der Waals surface area contributed by atoms with E-state index in [2.05, 4.69) is 29.2 Å². The summed E-state index contributed by atoms with van der Waals surface area (Å²) in [5, 5.41) is 12.1. The van der Waals surface area contributed by atoms with Gasteiger partial charge in [0.05, 0.1) is 5.56 Å². The van der Waals surface area contributed by atoms with Crippen LogP contribution in [-0.4, -0.2) is 46.6 Å². The fraction of sp³-hybridized carbons (Fsp3) is 0.467. The van der Waals surface area contributed by atoms with Gasteiger partial charge in [-0.25, -0.2) is 4.79 Å². The first-order chi connectivity index (χ1) is 10.0. The third-order valence-corrected chi connectivity index (χ3v) is 4.00. The third-order valence-electron chi connectivity index (χ3n) is 4.00. The van der Waals surface area contributed by atoms with Gasteiger partial charge in [0.25, 0.3) is 6.01 Å². The summed E-state index contributed by atoms with van der Waals surface area (Å²) >= 11 is 0. The van der Waals surface area contributed by atoms with Gasteiger partial charge in [-0.2, -0.15) is 4.98 Å². The van der Waals surface area contributed by atoms with E-state index in [9.17, 15) is 4.79 Å². The maximum atomic E-state index is 10.9. The van der Waals surface area contributed by atoms with Gasteiger partial charge < -0.3 is 14.8 Å². The molecule has 3 rings (SSSR count). The number of carboxylic acids is 1. The van der Waals surface area contributed by atoms with E-state index < -0.39 is 5.97 Å². The van der Waals surface area contributed by atoms with Crippen LogP contribution in [0.1, 0.15) is 30.1 Å². The molecule has 0 spiro atoms. The number of aromatic nitrogens is 1. The average Bonchev–Trinajstić information content (AvgIpc) is 3.22. The highest BCUT2D eigenvalue weighted by Crippen LogP contribution is 2.27. The SMILES string of the molecule is CC(CNc1nc2ccc(C(=O)O)cc2o1)N(C)C1CC1. The van der Waals surface area contributed by atoms with Gasteiger partial charge in [-0.3, -0.25) is 4.90 Å². The molecule has 1 aromatic carbocycles. The second kappa shape index (κ2) is 5.37. The van der Waals surface area contributed by atoms with Gasteiger partial charge in [-0.1, -0.05) is 0 Å². The lowest BCUT2D eigenvalue weighted by Gasteiger charge is -2.24. The van der Waals surface area contributed by atoms with Crippen molar-refractivity contribution in [3.8, 4) is 0 Å². The van der Waals surface area contributed by atoms with Gasteiger partial charge in [0.15, 0.2) is 5.58 Å². The minimum Gasteiger partial charge on any atom is -0.478 e. The molecule has 1 fully saturated rings. The number of aromatic carboxylic acids is 1. The van der Waals surface area contributed by atoms with Crippen molar-refractivity contribution in [2.75, 3.05) is 18.9 Å². The lowest BCUT2D eigenvalue weighted by atomic mass is 10.2. The Labute approximate surface area is 122 Å². The summed E-state index contributed by atoms with van der Waals surface area (Å²) in [7, 11) is 2.13. The van der Waals surface area contributed by atoms with Crippen LogP contribution in [0.4, 0.5) is 6.01 Å². The van der Waals surface area contributed by atoms with Crippen molar-refractivity contribution in [1.29, 1.82) is 0 Å². The first-order valence-corrected chi connectivity index (χ1v) is 7.14. The third kappa shape index (κ3) is 3.00. The van der Waals surface area contributed by atoms with Crippen LogP contribution >= 0.6 is 0 Å². The molecule has 0 radical (unpaired) electrons. The zero-order valence-electron chi connectivity index (χ0n) is 12.2. The average molecular weight is 289 g/mol. The highest BCUT2D eigenvalue weighted by Gasteiger charge is 2.29. The Balaban J connectivity index is 1.68. The smallest absolute Gasteiger partial charge is 0.335 e. The second-order valence-electron chi connectivity index (χ2n) is 5.63. The van der Waals surface area contributed by atoms with E-state index in [0.29, 0.717) is 29.2 Å². The van der Waals surface area contributed by atoms with Crippen molar-refractivity contribution in [2.24, 2.45) is 0 Å². The molecule has 1 heterocycles. The number of rotatable bonds is 6. The summed E-state index contributed by atoms with van der Waals surface area (Å²) in [5.41, 5.74) is 1.35. The molecule has 0 aliphatic heterocycles. The van der Waals surface area contributed by atoms with Crippen LogP contribution in [0.25, 0.3) is 11.1 Å². The van der Waals surface area contributed by atoms with Gasteiger partial charge in [-0.15, -0.1) is 0 Å². The van der Waals surface area contributed by atoms with E-state index in [4.69, 9.17) is 9.52 Å². The molecule has 1 aliphatic rings. The Morgan fingerprint density at radius 2 is 2.33 bits per heavy atom. The molecule has 2 N–H and O–H groups in total. The van der Waals surface area contributed by atoms with E-state index in [0.717, 1.165) is 6.54 Å². The summed E-state index contributed by atoms with van der Waals surface area (Å²) in [6.45, 7) is 2.90. The molecule has 2 aromatic rings. The standard InChI is InChI=1S/C15H19N3O3/c1-9(18(2)11-4-5-11)8-16-15-17-12-6-3-10(14(19)20)7-13(12)21-15/h3,6-7,9,11H,4-5,8H2,1-2H3,(H,16,17)(H,19,20). The first kappa shape index (κ1) is 13.9. The maximum Gasteiger partial charge on any atom is 0.335 e. The van der Waals surface area contributed by atoms with Crippen molar-refractivity contribution in [3.63, 3.8) is 0 Å². The number of nitrogens with one attached hydrogen (secondary N) is 1. The summed E-state index contributed by atoms with van der Waals surface area (Å²) in [6.07, 6.45) is 2.56. The van der Waals surface area contributed by atoms with Gasteiger partial charge in [0.2, 0.25) is 0 Å². The molecule has 21 heavy (non-hydrogen) atoms. The summed E-state index contributed by atoms with van der Waals surface area (Å²) in [6, 6.07) is 6.22. The van der Waals surface area contributed by atoms with Crippen LogP contribution in [0.15, 0.2) is 22.6 Å². The number of carboxylic acid groups (broad SMARTS) is 1. The number of benzene rings is 1. The normalized spacial score (nSPS) is 16.3. The number of anilines is 1. The molecule has 1 saturated carbocycles. The van der Waals surface area contributed by atoms with Gasteiger partial charge >= 0.3 is 5.97 Å². The maximum absolute atomic E-state index is 10.9. The monoisotopic (exact) mass is 289 g/mol. The predicted molar refractivity (Wildman–Crippen MR) is 79.7 cm³/mol. The number of oxazole rings is 1. The highest BCUT2D eigenvalue weighted by molar-refractivity contribution is 5.92. The van der Waals surface area contributed by atoms with Gasteiger partial charge in [0.1, 0.15) is 5.52 Å². The van der Waals surface area contributed by atoms with Crippen molar-refractivity contribution < 1.29 is 14.3 Å². The first-order valence-electron chi connectivity index (χ1n) is 7.14. The van der Waals surface area contributed by atoms with Crippen LogP contribution in [0, 0.1) is 0 Å². The number of carbonyl (C=O) groups is 1. The number of hydrogen-bond acceptors (Lipinski definition) is 5. The zero-order chi connectivity index (χ0) is 15.0. The van der Waals surface area contributed by atoms with E-state index in [1.807, 2.05) is 0 Å². The van der Waals surface area contributed by atoms with Crippen molar-refractivity contribution >= 4 is 23.1 Å². The zero-order valence-corrected chi connectivity index (χ0v) is 12.2. The number of likely N-dealkylation sites (N-methyl/N-ethyl adjacent to an activating group) is 1. The van der Waals surface area contributed by atoms with Crippen LogP contribution in [0.2, 0.25) is 0 Å². The molecule has 1 aromatic heterocycles. The van der Waals surface area contributed by atoms with Crippen LogP contribution in [0.3, 0.4) is 0 Å². The Hall–Kier alpha value is -2.08. The Morgan fingerprint density at radius 1 is 1.57 bits per heavy atom. The Bertz CT molecular complexity index is 663. The van der Waals surface area contributed by atoms with E-state index in [-0.39, 0.29) is 5.56 Å². The molecule has 0 amide bonds. The number of hydrogen-bond donors (Lipinski definition) is 2. The van der Waals surface area contributed by atoms with Crippen molar-refractivity contribution in [1.82, 2.24) is 9.88 Å². The highest BCUT2D eigenvalue weighted by atomic mass is 16.4. The topological polar surface area (TPSA) is 78.6 Å². The van der Waals surface area contributed by atoms with Crippen molar-refractivity contribution in [3.05, 3.63) is 23.8 Å². The molecule has 1 unspecified atom stereocenters. The van der Waals surface area contributed by atoms with Crippen molar-refractivity contribution in [2.45, 2.75) is 31.8 Å². The molecule has 1 atom stereocenters. The van der Waals surface area contributed by atoms with Crippen LogP contribution in [-0.2, 0) is 0 Å². The molecule has 0 bridgehead atoms. The lowest BCUT2D eigenvalue weighted by Crippen LogP contribution is -2.36. The molecule has 6 heteroatoms. The molecule has 1 aliphatic carbocycles. The minimum atomic E-state index is -0.970. The number of fused-ring (bicyclic) bond motifs is 1. The van der Waals surface area contributed by atoms with E-state index >= 15 is 0 Å². The molecule has 0 saturated heterocycles. The van der Waals surface area contributed by atoms with Crippen LogP contribution < -0.4 is 5.32 Å². The summed E-state index contributed by atoms with van der Waals surface area (Å²) in [4.78, 5) is 17.6. The predicted octanol–water partition coefficient (Wildman–Crippen LogP) is 2.42. The number of nitrogens with zero attached hydrogens (tertiary/aromatic N) is 2. The fourth-order valence-electron chi connectivity index (χ4n) is 2.35. The molecule has 6 nitrogen and oxygen atoms in total. The molecule has 112 valence electrons. The summed E-state index contributed by atoms with van der Waals surface area (Å²) in [5.74, 6) is -0.970. The van der Waals surface area contributed by atoms with E-state index in [1.54, 1.807) is 6.07 Å². The quantitative estimate of drug-likeness (QED) is 0.850. The minimum absolute atomic E-state index is 0.201. The molecular weight excluding hydrogens is 270 g/mol. The van der Waals surface area contributed by atoms with Gasteiger partial charge in [-0.05, 0) is 45.0 Å². The largest absolute Gasteiger partial charge is 0.478 e. The fourth-order valence-corrected chi connectivity index (χ4v) is 2.35. The Kier molecular flexibility index (Phi) is 3.55. The molecular formula is C15H19N3O3.